The van der Waals surface area contributed by atoms with E-state index in [1.807, 2.05) is 0 Å². The maximum atomic E-state index is 12.4. The number of carbonyl (C=O) groups is 1. The Morgan fingerprint density at radius 1 is 1.26 bits per heavy atom. The molecule has 10 heteroatoms. The van der Waals surface area contributed by atoms with Crippen LogP contribution in [0.2, 0.25) is 0 Å². The van der Waals surface area contributed by atoms with Crippen LogP contribution >= 0.6 is 0 Å². The molecule has 0 unspecified atom stereocenters. The number of halogens is 3. The lowest BCUT2D eigenvalue weighted by Gasteiger charge is -2.38. The van der Waals surface area contributed by atoms with E-state index >= 15 is 0 Å². The molecule has 134 valence electrons. The van der Waals surface area contributed by atoms with Gasteiger partial charge in [0.15, 0.2) is 0 Å². The number of rotatable bonds is 2. The molecular formula is C13H20F3NO5S. The van der Waals surface area contributed by atoms with Crippen LogP contribution in [-0.4, -0.2) is 43.6 Å². The first kappa shape index (κ1) is 19.6. The Labute approximate surface area is 133 Å². The Bertz CT molecular complexity index is 602. The number of nitrogens with zero attached hydrogens (tertiary/aromatic N) is 1. The van der Waals surface area contributed by atoms with E-state index in [4.69, 9.17) is 4.74 Å². The van der Waals surface area contributed by atoms with Crippen LogP contribution < -0.4 is 0 Å². The molecule has 1 aliphatic heterocycles. The Morgan fingerprint density at radius 3 is 2.17 bits per heavy atom. The number of hydrogen-bond donors (Lipinski definition) is 0. The summed E-state index contributed by atoms with van der Waals surface area (Å²) in [5, 5.41) is 0. The Balaban J connectivity index is 2.94. The SMILES string of the molecule is CC(C)(C)OC(=O)N1CC=C(OS(=O)(=O)C(F)(F)F)C(C)(C)C1. The van der Waals surface area contributed by atoms with Crippen molar-refractivity contribution >= 4 is 16.2 Å². The van der Waals surface area contributed by atoms with E-state index in [1.54, 1.807) is 20.8 Å². The van der Waals surface area contributed by atoms with Crippen molar-refractivity contribution < 1.29 is 35.3 Å². The molecule has 1 aliphatic rings. The van der Waals surface area contributed by atoms with Gasteiger partial charge in [0.1, 0.15) is 11.4 Å². The molecule has 23 heavy (non-hydrogen) atoms. The van der Waals surface area contributed by atoms with Gasteiger partial charge >= 0.3 is 21.7 Å². The van der Waals surface area contributed by atoms with Crippen LogP contribution in [0.3, 0.4) is 0 Å². The molecule has 0 spiro atoms. The second kappa shape index (κ2) is 5.88. The average Bonchev–Trinajstić information content (AvgIpc) is 2.27. The van der Waals surface area contributed by atoms with Crippen LogP contribution in [0.1, 0.15) is 34.6 Å². The van der Waals surface area contributed by atoms with E-state index in [9.17, 15) is 26.4 Å². The van der Waals surface area contributed by atoms with Crippen LogP contribution in [0.15, 0.2) is 11.8 Å². The lowest BCUT2D eigenvalue weighted by molar-refractivity contribution is -0.0537. The fourth-order valence-corrected chi connectivity index (χ4v) is 2.49. The molecule has 0 aromatic rings. The van der Waals surface area contributed by atoms with Gasteiger partial charge in [-0.1, -0.05) is 13.8 Å². The summed E-state index contributed by atoms with van der Waals surface area (Å²) in [7, 11) is -5.74. The van der Waals surface area contributed by atoms with E-state index < -0.39 is 32.7 Å². The highest BCUT2D eigenvalue weighted by Crippen LogP contribution is 2.36. The molecule has 0 atom stereocenters. The number of alkyl halides is 3. The summed E-state index contributed by atoms with van der Waals surface area (Å²) in [6.45, 7) is 7.84. The third-order valence-corrected chi connectivity index (χ3v) is 3.85. The number of ether oxygens (including phenoxy) is 1. The maximum absolute atomic E-state index is 12.4. The van der Waals surface area contributed by atoms with Gasteiger partial charge in [0, 0.05) is 18.5 Å². The molecule has 1 heterocycles. The van der Waals surface area contributed by atoms with Crippen molar-refractivity contribution in [2.45, 2.75) is 45.7 Å². The van der Waals surface area contributed by atoms with E-state index in [-0.39, 0.29) is 18.8 Å². The zero-order valence-electron chi connectivity index (χ0n) is 13.5. The second-order valence-corrected chi connectivity index (χ2v) is 8.33. The molecule has 0 bridgehead atoms. The maximum Gasteiger partial charge on any atom is 0.534 e. The van der Waals surface area contributed by atoms with E-state index in [0.717, 1.165) is 6.08 Å². The third kappa shape index (κ3) is 5.02. The highest BCUT2D eigenvalue weighted by Gasteiger charge is 2.50. The van der Waals surface area contributed by atoms with Gasteiger partial charge in [0.05, 0.1) is 0 Å². The lowest BCUT2D eigenvalue weighted by atomic mass is 9.87. The Hall–Kier alpha value is -1.45. The molecule has 0 aromatic heterocycles. The number of amides is 1. The van der Waals surface area contributed by atoms with Crippen LogP contribution in [0.4, 0.5) is 18.0 Å². The minimum Gasteiger partial charge on any atom is -0.444 e. The Kier molecular flexibility index (Phi) is 5.01. The summed E-state index contributed by atoms with van der Waals surface area (Å²) in [5.74, 6) is -0.352. The molecule has 1 amide bonds. The van der Waals surface area contributed by atoms with Crippen molar-refractivity contribution in [2.24, 2.45) is 5.41 Å². The van der Waals surface area contributed by atoms with E-state index in [1.165, 1.54) is 18.7 Å². The summed E-state index contributed by atoms with van der Waals surface area (Å²) in [4.78, 5) is 13.3. The van der Waals surface area contributed by atoms with Gasteiger partial charge in [-0.25, -0.2) is 4.79 Å². The zero-order valence-corrected chi connectivity index (χ0v) is 14.3. The van der Waals surface area contributed by atoms with Gasteiger partial charge in [-0.15, -0.1) is 0 Å². The monoisotopic (exact) mass is 359 g/mol. The number of hydrogen-bond acceptors (Lipinski definition) is 5. The zero-order chi connectivity index (χ0) is 18.3. The molecule has 1 rings (SSSR count). The van der Waals surface area contributed by atoms with Crippen molar-refractivity contribution in [1.29, 1.82) is 0 Å². The second-order valence-electron chi connectivity index (χ2n) is 6.80. The van der Waals surface area contributed by atoms with Gasteiger partial charge in [0.2, 0.25) is 0 Å². The summed E-state index contributed by atoms with van der Waals surface area (Å²) in [6, 6.07) is 0. The highest BCUT2D eigenvalue weighted by atomic mass is 32.2. The first-order valence-corrected chi connectivity index (χ1v) is 8.15. The Morgan fingerprint density at radius 2 is 1.78 bits per heavy atom. The van der Waals surface area contributed by atoms with Crippen molar-refractivity contribution in [3.8, 4) is 0 Å². The molecule has 0 aromatic carbocycles. The van der Waals surface area contributed by atoms with Crippen LogP contribution in [0.5, 0.6) is 0 Å². The summed E-state index contributed by atoms with van der Waals surface area (Å²) >= 11 is 0. The summed E-state index contributed by atoms with van der Waals surface area (Å²) < 4.78 is 68.9. The van der Waals surface area contributed by atoms with E-state index in [2.05, 4.69) is 4.18 Å². The van der Waals surface area contributed by atoms with Crippen LogP contribution in [-0.2, 0) is 19.0 Å². The molecular weight excluding hydrogens is 339 g/mol. The van der Waals surface area contributed by atoms with Crippen LogP contribution in [0.25, 0.3) is 0 Å². The predicted molar refractivity (Wildman–Crippen MR) is 75.7 cm³/mol. The average molecular weight is 359 g/mol. The molecule has 0 radical (unpaired) electrons. The quantitative estimate of drug-likeness (QED) is 0.560. The molecule has 0 saturated carbocycles. The third-order valence-electron chi connectivity index (χ3n) is 2.88. The first-order valence-electron chi connectivity index (χ1n) is 6.74. The van der Waals surface area contributed by atoms with Gasteiger partial charge in [-0.3, -0.25) is 0 Å². The smallest absolute Gasteiger partial charge is 0.444 e. The minimum atomic E-state index is -5.74. The van der Waals surface area contributed by atoms with Gasteiger partial charge in [-0.2, -0.15) is 21.6 Å². The molecule has 0 N–H and O–H groups in total. The normalized spacial score (nSPS) is 19.1. The predicted octanol–water partition coefficient (Wildman–Crippen LogP) is 3.01. The summed E-state index contributed by atoms with van der Waals surface area (Å²) in [5.41, 5.74) is -7.35. The van der Waals surface area contributed by atoms with Crippen molar-refractivity contribution in [3.05, 3.63) is 11.8 Å². The highest BCUT2D eigenvalue weighted by molar-refractivity contribution is 7.87. The summed E-state index contributed by atoms with van der Waals surface area (Å²) in [6.07, 6.45) is 0.496. The number of carbonyl (C=O) groups excluding carboxylic acids is 1. The van der Waals surface area contributed by atoms with Crippen molar-refractivity contribution in [2.75, 3.05) is 13.1 Å². The standard InChI is InChI=1S/C13H20F3NO5S/c1-11(2,3)21-10(18)17-7-6-9(12(4,5)8-17)22-23(19,20)13(14,15)16/h6H,7-8H2,1-5H3. The van der Waals surface area contributed by atoms with Crippen molar-refractivity contribution in [1.82, 2.24) is 4.90 Å². The van der Waals surface area contributed by atoms with Gasteiger partial charge < -0.3 is 13.8 Å². The van der Waals surface area contributed by atoms with Crippen molar-refractivity contribution in [3.63, 3.8) is 0 Å². The first-order chi connectivity index (χ1) is 10.1. The molecule has 6 nitrogen and oxygen atoms in total. The topological polar surface area (TPSA) is 72.9 Å². The molecule has 0 aliphatic carbocycles. The lowest BCUT2D eigenvalue weighted by Crippen LogP contribution is -2.46. The van der Waals surface area contributed by atoms with Gasteiger partial charge in [-0.05, 0) is 26.8 Å². The van der Waals surface area contributed by atoms with Gasteiger partial charge in [0.25, 0.3) is 0 Å². The van der Waals surface area contributed by atoms with E-state index in [0.29, 0.717) is 0 Å². The molecule has 0 fully saturated rings. The largest absolute Gasteiger partial charge is 0.534 e. The molecule has 0 saturated heterocycles. The fourth-order valence-electron chi connectivity index (χ4n) is 1.87. The minimum absolute atomic E-state index is 0.0406. The fraction of sp³-hybridized carbons (Fsp3) is 0.769. The van der Waals surface area contributed by atoms with Crippen LogP contribution in [0, 0.1) is 5.41 Å².